The first-order valence-electron chi connectivity index (χ1n) is 12.4. The molecule has 1 aliphatic heterocycles. The summed E-state index contributed by atoms with van der Waals surface area (Å²) in [5, 5.41) is 6.93. The van der Waals surface area contributed by atoms with Gasteiger partial charge in [0, 0.05) is 29.8 Å². The Labute approximate surface area is 201 Å². The molecule has 0 N–H and O–H groups in total. The van der Waals surface area contributed by atoms with Crippen LogP contribution in [0.5, 0.6) is 0 Å². The maximum atomic E-state index is 15.3. The van der Waals surface area contributed by atoms with Gasteiger partial charge in [0.15, 0.2) is 0 Å². The molecule has 5 aliphatic rings. The summed E-state index contributed by atoms with van der Waals surface area (Å²) in [7, 11) is 0. The van der Waals surface area contributed by atoms with Crippen molar-refractivity contribution in [3.8, 4) is 11.5 Å². The number of alkyl halides is 2. The van der Waals surface area contributed by atoms with Crippen LogP contribution < -0.4 is 0 Å². The molecule has 7 nitrogen and oxygen atoms in total. The fourth-order valence-electron chi connectivity index (χ4n) is 7.18. The van der Waals surface area contributed by atoms with Crippen molar-refractivity contribution in [2.45, 2.75) is 57.0 Å². The van der Waals surface area contributed by atoms with Crippen LogP contribution in [-0.2, 0) is 11.3 Å². The van der Waals surface area contributed by atoms with Crippen LogP contribution in [0.15, 0.2) is 22.6 Å². The van der Waals surface area contributed by atoms with Gasteiger partial charge in [0.2, 0.25) is 5.89 Å². The lowest BCUT2D eigenvalue weighted by molar-refractivity contribution is -0.0810. The third-order valence-electron chi connectivity index (χ3n) is 8.35. The molecular weight excluding hydrogens is 461 g/mol. The number of urea groups is 1. The molecule has 1 saturated heterocycles. The van der Waals surface area contributed by atoms with Crippen molar-refractivity contribution in [2.75, 3.05) is 26.3 Å². The Kier molecular flexibility index (Phi) is 5.74. The first-order valence-corrected chi connectivity index (χ1v) is 12.4. The SMILES string of the molecule is O=C(N1CCOCC1)N(Cc1ccc(-c2nnc(C(F)F)o2)cc1F)C12CC3CC(CC(C3)C1)C2. The first kappa shape index (κ1) is 22.8. The van der Waals surface area contributed by atoms with E-state index in [1.807, 2.05) is 9.80 Å². The highest BCUT2D eigenvalue weighted by molar-refractivity contribution is 5.76. The summed E-state index contributed by atoms with van der Waals surface area (Å²) in [6.07, 6.45) is 3.78. The van der Waals surface area contributed by atoms with Crippen molar-refractivity contribution in [2.24, 2.45) is 17.8 Å². The summed E-state index contributed by atoms with van der Waals surface area (Å²) in [5.74, 6) is 0.422. The predicted octanol–water partition coefficient (Wildman–Crippen LogP) is 5.04. The van der Waals surface area contributed by atoms with Gasteiger partial charge in [-0.15, -0.1) is 10.2 Å². The number of hydrogen-bond acceptors (Lipinski definition) is 5. The highest BCUT2D eigenvalue weighted by Crippen LogP contribution is 2.58. The van der Waals surface area contributed by atoms with Crippen LogP contribution in [0.1, 0.15) is 56.4 Å². The largest absolute Gasteiger partial charge is 0.415 e. The van der Waals surface area contributed by atoms with Gasteiger partial charge in [0.1, 0.15) is 5.82 Å². The topological polar surface area (TPSA) is 71.7 Å². The molecule has 0 unspecified atom stereocenters. The normalized spacial score (nSPS) is 29.7. The number of ether oxygens (including phenoxy) is 1. The van der Waals surface area contributed by atoms with Gasteiger partial charge < -0.3 is 19.0 Å². The minimum atomic E-state index is -2.89. The summed E-state index contributed by atoms with van der Waals surface area (Å²) in [6.45, 7) is 2.25. The maximum Gasteiger partial charge on any atom is 0.320 e. The fourth-order valence-corrected chi connectivity index (χ4v) is 7.18. The zero-order valence-electron chi connectivity index (χ0n) is 19.5. The summed E-state index contributed by atoms with van der Waals surface area (Å²) < 4.78 is 51.3. The van der Waals surface area contributed by atoms with Crippen molar-refractivity contribution >= 4 is 6.03 Å². The average Bonchev–Trinajstić information content (AvgIpc) is 3.33. The second kappa shape index (κ2) is 8.80. The molecule has 188 valence electrons. The van der Waals surface area contributed by atoms with Crippen molar-refractivity contribution in [3.63, 3.8) is 0 Å². The van der Waals surface area contributed by atoms with E-state index in [-0.39, 0.29) is 29.6 Å². The van der Waals surface area contributed by atoms with Crippen molar-refractivity contribution in [1.82, 2.24) is 20.0 Å². The van der Waals surface area contributed by atoms with Gasteiger partial charge >= 0.3 is 12.5 Å². The number of benzene rings is 1. The summed E-state index contributed by atoms with van der Waals surface area (Å²) in [6, 6.07) is 4.35. The zero-order chi connectivity index (χ0) is 24.2. The van der Waals surface area contributed by atoms with Crippen LogP contribution in [0.25, 0.3) is 11.5 Å². The van der Waals surface area contributed by atoms with E-state index < -0.39 is 18.1 Å². The first-order chi connectivity index (χ1) is 16.9. The van der Waals surface area contributed by atoms with Crippen molar-refractivity contribution < 1.29 is 27.1 Å². The van der Waals surface area contributed by atoms with Crippen LogP contribution in [-0.4, -0.2) is 57.9 Å². The molecule has 1 aromatic carbocycles. The molecule has 4 bridgehead atoms. The Bertz CT molecular complexity index is 1070. The lowest BCUT2D eigenvalue weighted by Crippen LogP contribution is -2.64. The Hall–Kier alpha value is -2.62. The van der Waals surface area contributed by atoms with Crippen LogP contribution in [0.2, 0.25) is 0 Å². The number of nitrogens with zero attached hydrogens (tertiary/aromatic N) is 4. The Balaban J connectivity index is 1.30. The van der Waals surface area contributed by atoms with Gasteiger partial charge in [-0.25, -0.2) is 9.18 Å². The molecule has 35 heavy (non-hydrogen) atoms. The van der Waals surface area contributed by atoms with Gasteiger partial charge in [-0.1, -0.05) is 6.07 Å². The number of halogens is 3. The monoisotopic (exact) mass is 490 g/mol. The van der Waals surface area contributed by atoms with Crippen LogP contribution in [0.4, 0.5) is 18.0 Å². The van der Waals surface area contributed by atoms with E-state index in [9.17, 15) is 13.6 Å². The summed E-state index contributed by atoms with van der Waals surface area (Å²) >= 11 is 0. The zero-order valence-corrected chi connectivity index (χ0v) is 19.5. The van der Waals surface area contributed by atoms with Gasteiger partial charge in [-0.3, -0.25) is 0 Å². The number of rotatable bonds is 5. The van der Waals surface area contributed by atoms with E-state index in [4.69, 9.17) is 9.15 Å². The van der Waals surface area contributed by atoms with Gasteiger partial charge in [0.25, 0.3) is 5.89 Å². The molecule has 7 rings (SSSR count). The van der Waals surface area contributed by atoms with E-state index >= 15 is 4.39 Å². The van der Waals surface area contributed by atoms with Crippen molar-refractivity contribution in [3.05, 3.63) is 35.5 Å². The molecule has 10 heteroatoms. The minimum Gasteiger partial charge on any atom is -0.415 e. The van der Waals surface area contributed by atoms with E-state index in [2.05, 4.69) is 10.2 Å². The van der Waals surface area contributed by atoms with Crippen LogP contribution in [0, 0.1) is 23.6 Å². The quantitative estimate of drug-likeness (QED) is 0.588. The van der Waals surface area contributed by atoms with Gasteiger partial charge in [0.05, 0.1) is 19.8 Å². The smallest absolute Gasteiger partial charge is 0.320 e. The molecule has 0 spiro atoms. The lowest BCUT2D eigenvalue weighted by Gasteiger charge is -2.60. The number of hydrogen-bond donors (Lipinski definition) is 0. The Morgan fingerprint density at radius 1 is 1.09 bits per heavy atom. The molecule has 5 fully saturated rings. The Morgan fingerprint density at radius 3 is 2.31 bits per heavy atom. The summed E-state index contributed by atoms with van der Waals surface area (Å²) in [5.41, 5.74) is 0.375. The molecule has 2 amide bonds. The summed E-state index contributed by atoms with van der Waals surface area (Å²) in [4.78, 5) is 17.6. The molecule has 2 heterocycles. The number of carbonyl (C=O) groups is 1. The fraction of sp³-hybridized carbons (Fsp3) is 0.640. The lowest BCUT2D eigenvalue weighted by atomic mass is 9.52. The molecule has 0 atom stereocenters. The van der Waals surface area contributed by atoms with Crippen LogP contribution in [0.3, 0.4) is 0 Å². The molecule has 4 aliphatic carbocycles. The third-order valence-corrected chi connectivity index (χ3v) is 8.35. The minimum absolute atomic E-state index is 0.0443. The number of carbonyl (C=O) groups excluding carboxylic acids is 1. The number of aromatic nitrogens is 2. The third kappa shape index (κ3) is 4.19. The molecule has 2 aromatic rings. The predicted molar refractivity (Wildman–Crippen MR) is 119 cm³/mol. The maximum absolute atomic E-state index is 15.3. The second-order valence-electron chi connectivity index (χ2n) is 10.7. The number of morpholine rings is 1. The second-order valence-corrected chi connectivity index (χ2v) is 10.7. The standard InChI is InChI=1S/C25H29F3N4O3/c26-20-10-18(22-29-30-23(35-22)21(27)28)1-2-19(20)14-32(24(33)31-3-5-34-6-4-31)25-11-15-7-16(12-25)9-17(8-15)13-25/h1-2,10,15-17,21H,3-9,11-14H2. The molecule has 0 radical (unpaired) electrons. The van der Waals surface area contributed by atoms with E-state index in [1.54, 1.807) is 12.1 Å². The van der Waals surface area contributed by atoms with Crippen molar-refractivity contribution in [1.29, 1.82) is 0 Å². The van der Waals surface area contributed by atoms with E-state index in [0.29, 0.717) is 49.6 Å². The molecule has 4 saturated carbocycles. The molecule has 1 aromatic heterocycles. The highest BCUT2D eigenvalue weighted by atomic mass is 19.3. The highest BCUT2D eigenvalue weighted by Gasteiger charge is 2.55. The van der Waals surface area contributed by atoms with E-state index in [1.165, 1.54) is 25.3 Å². The number of amides is 2. The van der Waals surface area contributed by atoms with Gasteiger partial charge in [-0.05, 0) is 68.4 Å². The van der Waals surface area contributed by atoms with Gasteiger partial charge in [-0.2, -0.15) is 8.78 Å². The van der Waals surface area contributed by atoms with E-state index in [0.717, 1.165) is 19.3 Å². The Morgan fingerprint density at radius 2 is 1.74 bits per heavy atom. The van der Waals surface area contributed by atoms with Crippen LogP contribution >= 0.6 is 0 Å². The average molecular weight is 491 g/mol. The molecular formula is C25H29F3N4O3.